The largest absolute Gasteiger partial charge is 0.323 e. The number of nitrogens with one attached hydrogen (secondary N) is 1. The average molecular weight is 326 g/mol. The Morgan fingerprint density at radius 3 is 2.81 bits per heavy atom. The van der Waals surface area contributed by atoms with Gasteiger partial charge in [-0.05, 0) is 12.8 Å². The van der Waals surface area contributed by atoms with Crippen molar-refractivity contribution >= 4 is 39.4 Å². The maximum Gasteiger partial charge on any atom is 0.282 e. The summed E-state index contributed by atoms with van der Waals surface area (Å²) in [6, 6.07) is 0. The summed E-state index contributed by atoms with van der Waals surface area (Å²) in [7, 11) is 0. The summed E-state index contributed by atoms with van der Waals surface area (Å²) in [6.45, 7) is 0.741. The third-order valence-electron chi connectivity index (χ3n) is 3.82. The smallest absolute Gasteiger partial charge is 0.282 e. The van der Waals surface area contributed by atoms with E-state index in [1.54, 1.807) is 4.90 Å². The van der Waals surface area contributed by atoms with Crippen molar-refractivity contribution in [2.24, 2.45) is 0 Å². The molecule has 1 aliphatic carbocycles. The van der Waals surface area contributed by atoms with E-state index in [4.69, 9.17) is 0 Å². The van der Waals surface area contributed by atoms with Crippen LogP contribution in [0.4, 0.5) is 9.93 Å². The highest BCUT2D eigenvalue weighted by atomic mass is 32.2. The number of thioether (sulfide) groups is 1. The van der Waals surface area contributed by atoms with Gasteiger partial charge in [-0.15, -0.1) is 10.2 Å². The lowest BCUT2D eigenvalue weighted by Crippen LogP contribution is -2.33. The number of amides is 2. The van der Waals surface area contributed by atoms with Gasteiger partial charge in [-0.3, -0.25) is 14.9 Å². The van der Waals surface area contributed by atoms with Crippen LogP contribution in [0.25, 0.3) is 0 Å². The standard InChI is InChI=1S/C13H18N4O2S2/c18-10(8-17-6-7-20-13(17)19)14-12-16-15-11(21-12)9-4-2-1-3-5-9/h9H,1-8H2,(H,14,16,18). The van der Waals surface area contributed by atoms with E-state index in [0.29, 0.717) is 17.6 Å². The molecule has 21 heavy (non-hydrogen) atoms. The van der Waals surface area contributed by atoms with E-state index in [9.17, 15) is 9.59 Å². The van der Waals surface area contributed by atoms with Crippen molar-refractivity contribution in [2.75, 3.05) is 24.2 Å². The fourth-order valence-corrected chi connectivity index (χ4v) is 4.45. The molecule has 2 fully saturated rings. The molecule has 1 saturated carbocycles. The number of carbonyl (C=O) groups is 2. The van der Waals surface area contributed by atoms with Gasteiger partial charge >= 0.3 is 0 Å². The van der Waals surface area contributed by atoms with E-state index in [2.05, 4.69) is 15.5 Å². The van der Waals surface area contributed by atoms with Crippen molar-refractivity contribution < 1.29 is 9.59 Å². The minimum atomic E-state index is -0.197. The molecule has 1 saturated heterocycles. The van der Waals surface area contributed by atoms with Gasteiger partial charge in [0.05, 0.1) is 0 Å². The van der Waals surface area contributed by atoms with Gasteiger partial charge in [-0.2, -0.15) is 0 Å². The molecule has 0 spiro atoms. The summed E-state index contributed by atoms with van der Waals surface area (Å²) in [4.78, 5) is 24.9. The first-order valence-electron chi connectivity index (χ1n) is 7.27. The van der Waals surface area contributed by atoms with Gasteiger partial charge in [0.15, 0.2) is 0 Å². The van der Waals surface area contributed by atoms with Gasteiger partial charge < -0.3 is 4.90 Å². The number of aromatic nitrogens is 2. The van der Waals surface area contributed by atoms with Crippen LogP contribution >= 0.6 is 23.1 Å². The molecule has 0 atom stereocenters. The number of nitrogens with zero attached hydrogens (tertiary/aromatic N) is 3. The predicted molar refractivity (Wildman–Crippen MR) is 83.8 cm³/mol. The number of hydrogen-bond acceptors (Lipinski definition) is 6. The molecule has 1 aromatic heterocycles. The molecular weight excluding hydrogens is 308 g/mol. The van der Waals surface area contributed by atoms with Crippen LogP contribution in [0.5, 0.6) is 0 Å². The Labute approximate surface area is 131 Å². The Morgan fingerprint density at radius 1 is 1.29 bits per heavy atom. The van der Waals surface area contributed by atoms with Gasteiger partial charge in [0, 0.05) is 18.2 Å². The van der Waals surface area contributed by atoms with Gasteiger partial charge in [0.1, 0.15) is 11.6 Å². The fourth-order valence-electron chi connectivity index (χ4n) is 2.70. The SMILES string of the molecule is O=C(CN1CCSC1=O)Nc1nnc(C2CCCCC2)s1. The van der Waals surface area contributed by atoms with Crippen LogP contribution < -0.4 is 5.32 Å². The van der Waals surface area contributed by atoms with Crippen molar-refractivity contribution in [3.8, 4) is 0 Å². The van der Waals surface area contributed by atoms with E-state index in [1.807, 2.05) is 0 Å². The lowest BCUT2D eigenvalue weighted by molar-refractivity contribution is -0.116. The van der Waals surface area contributed by atoms with Gasteiger partial charge in [0.2, 0.25) is 11.0 Å². The molecule has 2 heterocycles. The Morgan fingerprint density at radius 2 is 2.10 bits per heavy atom. The lowest BCUT2D eigenvalue weighted by atomic mass is 9.90. The van der Waals surface area contributed by atoms with Crippen LogP contribution in [0.1, 0.15) is 43.0 Å². The molecule has 1 aromatic rings. The highest BCUT2D eigenvalue weighted by molar-refractivity contribution is 8.13. The first kappa shape index (κ1) is 14.8. The quantitative estimate of drug-likeness (QED) is 0.920. The topological polar surface area (TPSA) is 75.2 Å². The summed E-state index contributed by atoms with van der Waals surface area (Å²) in [5.41, 5.74) is 0. The molecule has 8 heteroatoms. The maximum atomic E-state index is 11.9. The Balaban J connectivity index is 1.54. The monoisotopic (exact) mass is 326 g/mol. The van der Waals surface area contributed by atoms with Gasteiger partial charge in [0.25, 0.3) is 5.24 Å². The first-order chi connectivity index (χ1) is 10.2. The van der Waals surface area contributed by atoms with Gasteiger partial charge in [-0.1, -0.05) is 42.4 Å². The number of hydrogen-bond donors (Lipinski definition) is 1. The van der Waals surface area contributed by atoms with E-state index >= 15 is 0 Å². The Bertz CT molecular complexity index is 528. The fraction of sp³-hybridized carbons (Fsp3) is 0.692. The van der Waals surface area contributed by atoms with E-state index in [1.165, 1.54) is 55.2 Å². The summed E-state index contributed by atoms with van der Waals surface area (Å²) < 4.78 is 0. The molecule has 6 nitrogen and oxygen atoms in total. The summed E-state index contributed by atoms with van der Waals surface area (Å²) in [5, 5.41) is 12.6. The number of anilines is 1. The summed E-state index contributed by atoms with van der Waals surface area (Å²) in [5.74, 6) is 1.06. The van der Waals surface area contributed by atoms with E-state index in [-0.39, 0.29) is 17.7 Å². The molecule has 2 amide bonds. The molecule has 3 rings (SSSR count). The van der Waals surface area contributed by atoms with Crippen LogP contribution in [-0.2, 0) is 4.79 Å². The van der Waals surface area contributed by atoms with Crippen molar-refractivity contribution in [3.63, 3.8) is 0 Å². The summed E-state index contributed by atoms with van der Waals surface area (Å²) in [6.07, 6.45) is 6.15. The molecular formula is C13H18N4O2S2. The highest BCUT2D eigenvalue weighted by Crippen LogP contribution is 2.35. The van der Waals surface area contributed by atoms with Crippen molar-refractivity contribution in [1.82, 2.24) is 15.1 Å². The molecule has 114 valence electrons. The van der Waals surface area contributed by atoms with E-state index < -0.39 is 0 Å². The lowest BCUT2D eigenvalue weighted by Gasteiger charge is -2.18. The van der Waals surface area contributed by atoms with Crippen LogP contribution in [0.15, 0.2) is 0 Å². The van der Waals surface area contributed by atoms with Crippen LogP contribution in [0, 0.1) is 0 Å². The molecule has 1 N–H and O–H groups in total. The number of carbonyl (C=O) groups excluding carboxylic acids is 2. The van der Waals surface area contributed by atoms with Crippen LogP contribution in [-0.4, -0.2) is 45.1 Å². The van der Waals surface area contributed by atoms with Crippen LogP contribution in [0.3, 0.4) is 0 Å². The normalized spacial score (nSPS) is 20.0. The van der Waals surface area contributed by atoms with E-state index in [0.717, 1.165) is 10.8 Å². The molecule has 1 aliphatic heterocycles. The van der Waals surface area contributed by atoms with Crippen LogP contribution in [0.2, 0.25) is 0 Å². The second-order valence-corrected chi connectivity index (χ2v) is 7.42. The highest BCUT2D eigenvalue weighted by Gasteiger charge is 2.24. The molecule has 2 aliphatic rings. The van der Waals surface area contributed by atoms with Crippen molar-refractivity contribution in [1.29, 1.82) is 0 Å². The average Bonchev–Trinajstić information content (AvgIpc) is 3.10. The zero-order valence-electron chi connectivity index (χ0n) is 11.7. The molecule has 0 unspecified atom stereocenters. The molecule has 0 aromatic carbocycles. The molecule has 0 radical (unpaired) electrons. The minimum Gasteiger partial charge on any atom is -0.323 e. The third-order valence-corrected chi connectivity index (χ3v) is 5.71. The maximum absolute atomic E-state index is 11.9. The summed E-state index contributed by atoms with van der Waals surface area (Å²) >= 11 is 2.72. The first-order valence-corrected chi connectivity index (χ1v) is 9.07. The Hall–Kier alpha value is -1.15. The van der Waals surface area contributed by atoms with Crippen molar-refractivity contribution in [3.05, 3.63) is 5.01 Å². The zero-order valence-corrected chi connectivity index (χ0v) is 13.3. The van der Waals surface area contributed by atoms with Gasteiger partial charge in [-0.25, -0.2) is 0 Å². The third kappa shape index (κ3) is 3.74. The zero-order chi connectivity index (χ0) is 14.7. The van der Waals surface area contributed by atoms with Crippen molar-refractivity contribution in [2.45, 2.75) is 38.0 Å². The molecule has 0 bridgehead atoms. The predicted octanol–water partition coefficient (Wildman–Crippen LogP) is 2.69. The second-order valence-electron chi connectivity index (χ2n) is 5.36. The minimum absolute atomic E-state index is 0.0229. The Kier molecular flexibility index (Phi) is 4.74. The second kappa shape index (κ2) is 6.74. The number of rotatable bonds is 4.